The first-order valence-corrected chi connectivity index (χ1v) is 6.87. The van der Waals surface area contributed by atoms with Crippen LogP contribution in [0.1, 0.15) is 25.3 Å². The number of carbonyl (C=O) groups excluding carboxylic acids is 1. The molecule has 1 unspecified atom stereocenters. The average molecular weight is 246 g/mol. The van der Waals surface area contributed by atoms with E-state index in [0.717, 1.165) is 38.9 Å². The Morgan fingerprint density at radius 3 is 2.83 bits per heavy atom. The van der Waals surface area contributed by atoms with Gasteiger partial charge in [-0.1, -0.05) is 37.3 Å². The molecule has 1 fully saturated rings. The summed E-state index contributed by atoms with van der Waals surface area (Å²) >= 11 is 0. The smallest absolute Gasteiger partial charge is 0.239 e. The van der Waals surface area contributed by atoms with Gasteiger partial charge in [0, 0.05) is 13.1 Å². The SMILES string of the molecule is CCNC1CCN(CCCc2ccccc2)C1=O. The molecule has 1 aliphatic heterocycles. The molecule has 0 aromatic heterocycles. The molecular weight excluding hydrogens is 224 g/mol. The third kappa shape index (κ3) is 3.33. The molecule has 1 aromatic carbocycles. The van der Waals surface area contributed by atoms with Crippen LogP contribution in [0.15, 0.2) is 30.3 Å². The fourth-order valence-corrected chi connectivity index (χ4v) is 2.52. The van der Waals surface area contributed by atoms with Crippen molar-refractivity contribution in [1.82, 2.24) is 10.2 Å². The number of benzene rings is 1. The first kappa shape index (κ1) is 13.1. The number of aryl methyl sites for hydroxylation is 1. The number of likely N-dealkylation sites (tertiary alicyclic amines) is 1. The Bertz CT molecular complexity index is 377. The van der Waals surface area contributed by atoms with Crippen molar-refractivity contribution in [2.45, 2.75) is 32.2 Å². The Balaban J connectivity index is 1.73. The van der Waals surface area contributed by atoms with Crippen LogP contribution in [0.2, 0.25) is 0 Å². The maximum absolute atomic E-state index is 12.0. The number of nitrogens with one attached hydrogen (secondary N) is 1. The van der Waals surface area contributed by atoms with Crippen LogP contribution in [0.25, 0.3) is 0 Å². The fraction of sp³-hybridized carbons (Fsp3) is 0.533. The van der Waals surface area contributed by atoms with Crippen LogP contribution in [-0.2, 0) is 11.2 Å². The average Bonchev–Trinajstić information content (AvgIpc) is 2.73. The molecule has 0 saturated carbocycles. The third-order valence-electron chi connectivity index (χ3n) is 3.48. The summed E-state index contributed by atoms with van der Waals surface area (Å²) in [7, 11) is 0. The van der Waals surface area contributed by atoms with E-state index in [-0.39, 0.29) is 11.9 Å². The highest BCUT2D eigenvalue weighted by Gasteiger charge is 2.29. The maximum Gasteiger partial charge on any atom is 0.239 e. The second kappa shape index (κ2) is 6.55. The van der Waals surface area contributed by atoms with E-state index < -0.39 is 0 Å². The van der Waals surface area contributed by atoms with Crippen LogP contribution in [0.3, 0.4) is 0 Å². The Kier molecular flexibility index (Phi) is 4.76. The quantitative estimate of drug-likeness (QED) is 0.830. The summed E-state index contributed by atoms with van der Waals surface area (Å²) < 4.78 is 0. The van der Waals surface area contributed by atoms with Gasteiger partial charge in [-0.25, -0.2) is 0 Å². The normalized spacial score (nSPS) is 19.5. The van der Waals surface area contributed by atoms with Crippen molar-refractivity contribution < 1.29 is 4.79 Å². The first-order valence-electron chi connectivity index (χ1n) is 6.87. The molecule has 1 aliphatic rings. The molecule has 1 saturated heterocycles. The Labute approximate surface area is 109 Å². The lowest BCUT2D eigenvalue weighted by Crippen LogP contribution is -2.38. The molecule has 1 atom stereocenters. The molecule has 1 amide bonds. The molecule has 3 nitrogen and oxygen atoms in total. The van der Waals surface area contributed by atoms with E-state index in [1.165, 1.54) is 5.56 Å². The monoisotopic (exact) mass is 246 g/mol. The number of carbonyl (C=O) groups is 1. The van der Waals surface area contributed by atoms with Gasteiger partial charge in [0.1, 0.15) is 0 Å². The number of hydrogen-bond donors (Lipinski definition) is 1. The molecule has 1 heterocycles. The van der Waals surface area contributed by atoms with Crippen molar-refractivity contribution in [2.24, 2.45) is 0 Å². The zero-order valence-corrected chi connectivity index (χ0v) is 11.1. The van der Waals surface area contributed by atoms with Crippen LogP contribution < -0.4 is 5.32 Å². The van der Waals surface area contributed by atoms with Gasteiger partial charge in [0.05, 0.1) is 6.04 Å². The number of likely N-dealkylation sites (N-methyl/N-ethyl adjacent to an activating group) is 1. The van der Waals surface area contributed by atoms with Gasteiger partial charge < -0.3 is 10.2 Å². The van der Waals surface area contributed by atoms with Gasteiger partial charge in [0.15, 0.2) is 0 Å². The van der Waals surface area contributed by atoms with E-state index in [0.29, 0.717) is 0 Å². The van der Waals surface area contributed by atoms with E-state index in [1.54, 1.807) is 0 Å². The molecule has 0 bridgehead atoms. The van der Waals surface area contributed by atoms with Gasteiger partial charge >= 0.3 is 0 Å². The second-order valence-electron chi connectivity index (χ2n) is 4.81. The third-order valence-corrected chi connectivity index (χ3v) is 3.48. The summed E-state index contributed by atoms with van der Waals surface area (Å²) in [6.45, 7) is 4.71. The number of rotatable bonds is 6. The zero-order valence-electron chi connectivity index (χ0n) is 11.1. The highest BCUT2D eigenvalue weighted by atomic mass is 16.2. The fourth-order valence-electron chi connectivity index (χ4n) is 2.52. The Morgan fingerprint density at radius 1 is 1.33 bits per heavy atom. The molecule has 3 heteroatoms. The van der Waals surface area contributed by atoms with E-state index in [2.05, 4.69) is 29.6 Å². The Hall–Kier alpha value is -1.35. The molecule has 1 N–H and O–H groups in total. The van der Waals surface area contributed by atoms with Crippen molar-refractivity contribution in [2.75, 3.05) is 19.6 Å². The van der Waals surface area contributed by atoms with Crippen molar-refractivity contribution >= 4 is 5.91 Å². The lowest BCUT2D eigenvalue weighted by atomic mass is 10.1. The summed E-state index contributed by atoms with van der Waals surface area (Å²) in [6.07, 6.45) is 3.06. The summed E-state index contributed by atoms with van der Waals surface area (Å²) in [6, 6.07) is 10.5. The highest BCUT2D eigenvalue weighted by molar-refractivity contribution is 5.83. The van der Waals surface area contributed by atoms with Gasteiger partial charge in [-0.05, 0) is 31.4 Å². The molecule has 18 heavy (non-hydrogen) atoms. The molecule has 0 spiro atoms. The lowest BCUT2D eigenvalue weighted by molar-refractivity contribution is -0.129. The predicted molar refractivity (Wildman–Crippen MR) is 73.4 cm³/mol. The van der Waals surface area contributed by atoms with Gasteiger partial charge in [-0.2, -0.15) is 0 Å². The van der Waals surface area contributed by atoms with Crippen LogP contribution >= 0.6 is 0 Å². The second-order valence-corrected chi connectivity index (χ2v) is 4.81. The van der Waals surface area contributed by atoms with Gasteiger partial charge in [0.2, 0.25) is 5.91 Å². The number of amides is 1. The largest absolute Gasteiger partial charge is 0.341 e. The predicted octanol–water partition coefficient (Wildman–Crippen LogP) is 1.83. The minimum Gasteiger partial charge on any atom is -0.341 e. The van der Waals surface area contributed by atoms with Crippen LogP contribution in [0.4, 0.5) is 0 Å². The zero-order chi connectivity index (χ0) is 12.8. The van der Waals surface area contributed by atoms with Gasteiger partial charge in [0.25, 0.3) is 0 Å². The number of hydrogen-bond acceptors (Lipinski definition) is 2. The van der Waals surface area contributed by atoms with E-state index >= 15 is 0 Å². The number of nitrogens with zero attached hydrogens (tertiary/aromatic N) is 1. The minimum atomic E-state index is 0.0618. The maximum atomic E-state index is 12.0. The standard InChI is InChI=1S/C15H22N2O/c1-2-16-14-10-12-17(15(14)18)11-6-9-13-7-4-3-5-8-13/h3-5,7-8,14,16H,2,6,9-12H2,1H3. The lowest BCUT2D eigenvalue weighted by Gasteiger charge is -2.16. The summed E-state index contributed by atoms with van der Waals surface area (Å²) in [5, 5.41) is 3.24. The van der Waals surface area contributed by atoms with Crippen LogP contribution in [-0.4, -0.2) is 36.5 Å². The molecule has 0 aliphatic carbocycles. The Morgan fingerprint density at radius 2 is 2.11 bits per heavy atom. The molecule has 98 valence electrons. The van der Waals surface area contributed by atoms with E-state index in [4.69, 9.17) is 0 Å². The first-order chi connectivity index (χ1) is 8.81. The van der Waals surface area contributed by atoms with Crippen molar-refractivity contribution in [3.8, 4) is 0 Å². The molecule has 1 aromatic rings. The molecular formula is C15H22N2O. The van der Waals surface area contributed by atoms with Crippen molar-refractivity contribution in [1.29, 1.82) is 0 Å². The van der Waals surface area contributed by atoms with Gasteiger partial charge in [-0.15, -0.1) is 0 Å². The summed E-state index contributed by atoms with van der Waals surface area (Å²) in [5.74, 6) is 0.282. The summed E-state index contributed by atoms with van der Waals surface area (Å²) in [4.78, 5) is 14.0. The molecule has 2 rings (SSSR count). The summed E-state index contributed by atoms with van der Waals surface area (Å²) in [5.41, 5.74) is 1.35. The van der Waals surface area contributed by atoms with Gasteiger partial charge in [-0.3, -0.25) is 4.79 Å². The van der Waals surface area contributed by atoms with Crippen LogP contribution in [0.5, 0.6) is 0 Å². The minimum absolute atomic E-state index is 0.0618. The highest BCUT2D eigenvalue weighted by Crippen LogP contribution is 2.12. The van der Waals surface area contributed by atoms with Crippen LogP contribution in [0, 0.1) is 0 Å². The van der Waals surface area contributed by atoms with E-state index in [1.807, 2.05) is 17.9 Å². The topological polar surface area (TPSA) is 32.3 Å². The van der Waals surface area contributed by atoms with Crippen molar-refractivity contribution in [3.63, 3.8) is 0 Å². The van der Waals surface area contributed by atoms with E-state index in [9.17, 15) is 4.79 Å². The molecule has 0 radical (unpaired) electrons. The van der Waals surface area contributed by atoms with Crippen molar-refractivity contribution in [3.05, 3.63) is 35.9 Å².